The average molecular weight is 373 g/mol. The molecule has 6 nitrogen and oxygen atoms in total. The Balaban J connectivity index is 1.44. The molecule has 0 radical (unpaired) electrons. The second-order valence-electron chi connectivity index (χ2n) is 8.00. The Morgan fingerprint density at radius 2 is 2.07 bits per heavy atom. The first-order chi connectivity index (χ1) is 13.0. The van der Waals surface area contributed by atoms with Crippen LogP contribution in [0, 0.1) is 19.8 Å². The van der Waals surface area contributed by atoms with E-state index in [1.54, 1.807) is 0 Å². The number of piperidine rings is 1. The first kappa shape index (κ1) is 19.8. The Labute approximate surface area is 162 Å². The molecule has 0 spiro atoms. The largest absolute Gasteiger partial charge is 0.354 e. The lowest BCUT2D eigenvalue weighted by Crippen LogP contribution is -2.46. The summed E-state index contributed by atoms with van der Waals surface area (Å²) in [7, 11) is 0. The van der Waals surface area contributed by atoms with Crippen molar-refractivity contribution in [3.8, 4) is 0 Å². The molecule has 2 aliphatic heterocycles. The number of rotatable bonds is 6. The molecule has 0 aliphatic carbocycles. The van der Waals surface area contributed by atoms with Gasteiger partial charge >= 0.3 is 0 Å². The van der Waals surface area contributed by atoms with Gasteiger partial charge in [-0.2, -0.15) is 0 Å². The van der Waals surface area contributed by atoms with Gasteiger partial charge in [-0.3, -0.25) is 14.5 Å². The molecule has 2 heterocycles. The maximum absolute atomic E-state index is 12.5. The maximum atomic E-state index is 12.5. The monoisotopic (exact) mass is 372 g/mol. The molecule has 3 rings (SSSR count). The Bertz CT molecular complexity index is 670. The second kappa shape index (κ2) is 9.33. The quantitative estimate of drug-likeness (QED) is 0.712. The summed E-state index contributed by atoms with van der Waals surface area (Å²) in [5.41, 5.74) is 3.11. The van der Waals surface area contributed by atoms with Crippen molar-refractivity contribution in [3.63, 3.8) is 0 Å². The third-order valence-electron chi connectivity index (χ3n) is 5.58. The summed E-state index contributed by atoms with van der Waals surface area (Å²) in [4.78, 5) is 26.8. The van der Waals surface area contributed by atoms with E-state index in [0.29, 0.717) is 19.0 Å². The van der Waals surface area contributed by atoms with Crippen LogP contribution in [0.5, 0.6) is 0 Å². The van der Waals surface area contributed by atoms with Crippen molar-refractivity contribution >= 4 is 17.5 Å². The number of benzene rings is 1. The van der Waals surface area contributed by atoms with Crippen LogP contribution in [0.15, 0.2) is 18.2 Å². The van der Waals surface area contributed by atoms with Gasteiger partial charge in [-0.1, -0.05) is 12.1 Å². The molecule has 1 aromatic carbocycles. The predicted molar refractivity (Wildman–Crippen MR) is 108 cm³/mol. The predicted octanol–water partition coefficient (Wildman–Crippen LogP) is 1.82. The van der Waals surface area contributed by atoms with Gasteiger partial charge < -0.3 is 16.0 Å². The summed E-state index contributed by atoms with van der Waals surface area (Å²) in [6, 6.07) is 6.08. The number of likely N-dealkylation sites (tertiary alicyclic amines) is 1. The van der Waals surface area contributed by atoms with Crippen LogP contribution in [0.3, 0.4) is 0 Å². The number of nitrogens with one attached hydrogen (secondary N) is 3. The van der Waals surface area contributed by atoms with E-state index in [0.717, 1.165) is 62.1 Å². The molecule has 2 fully saturated rings. The van der Waals surface area contributed by atoms with Crippen molar-refractivity contribution in [3.05, 3.63) is 29.3 Å². The Kier molecular flexibility index (Phi) is 6.85. The van der Waals surface area contributed by atoms with Gasteiger partial charge in [-0.25, -0.2) is 0 Å². The lowest BCUT2D eigenvalue weighted by atomic mass is 9.97. The first-order valence-corrected chi connectivity index (χ1v) is 10.1. The SMILES string of the molecule is Cc1ccc(C)c(NC(=O)CN2CCCC(CNC(=O)C3CCCN3)C2)c1. The van der Waals surface area contributed by atoms with Crippen LogP contribution in [-0.4, -0.2) is 55.5 Å². The summed E-state index contributed by atoms with van der Waals surface area (Å²) in [5, 5.41) is 9.37. The van der Waals surface area contributed by atoms with E-state index >= 15 is 0 Å². The van der Waals surface area contributed by atoms with Gasteiger partial charge in [0, 0.05) is 18.8 Å². The van der Waals surface area contributed by atoms with Crippen LogP contribution in [0.2, 0.25) is 0 Å². The fourth-order valence-electron chi connectivity index (χ4n) is 4.00. The zero-order valence-electron chi connectivity index (χ0n) is 16.5. The van der Waals surface area contributed by atoms with Gasteiger partial charge in [0.15, 0.2) is 0 Å². The minimum absolute atomic E-state index is 0.0203. The molecule has 1 aromatic rings. The van der Waals surface area contributed by atoms with Crippen LogP contribution < -0.4 is 16.0 Å². The fourth-order valence-corrected chi connectivity index (χ4v) is 4.00. The molecular weight excluding hydrogens is 340 g/mol. The Hall–Kier alpha value is -1.92. The summed E-state index contributed by atoms with van der Waals surface area (Å²) >= 11 is 0. The molecule has 2 amide bonds. The molecule has 0 bridgehead atoms. The van der Waals surface area contributed by atoms with Gasteiger partial charge in [0.1, 0.15) is 0 Å². The van der Waals surface area contributed by atoms with Crippen LogP contribution >= 0.6 is 0 Å². The van der Waals surface area contributed by atoms with Crippen LogP contribution in [0.4, 0.5) is 5.69 Å². The third-order valence-corrected chi connectivity index (χ3v) is 5.58. The van der Waals surface area contributed by atoms with Gasteiger partial charge in [0.05, 0.1) is 12.6 Å². The Morgan fingerprint density at radius 3 is 2.85 bits per heavy atom. The number of amides is 2. The summed E-state index contributed by atoms with van der Waals surface area (Å²) in [6.07, 6.45) is 4.18. The van der Waals surface area contributed by atoms with Crippen molar-refractivity contribution < 1.29 is 9.59 Å². The zero-order valence-corrected chi connectivity index (χ0v) is 16.5. The number of hydrogen-bond donors (Lipinski definition) is 3. The number of hydrogen-bond acceptors (Lipinski definition) is 4. The van der Waals surface area contributed by atoms with Crippen LogP contribution in [-0.2, 0) is 9.59 Å². The van der Waals surface area contributed by atoms with Crippen molar-refractivity contribution in [2.45, 2.75) is 45.6 Å². The topological polar surface area (TPSA) is 73.5 Å². The lowest BCUT2D eigenvalue weighted by molar-refractivity contribution is -0.123. The fraction of sp³-hybridized carbons (Fsp3) is 0.619. The van der Waals surface area contributed by atoms with E-state index in [1.165, 1.54) is 0 Å². The maximum Gasteiger partial charge on any atom is 0.238 e. The molecule has 148 valence electrons. The molecule has 3 N–H and O–H groups in total. The van der Waals surface area contributed by atoms with E-state index < -0.39 is 0 Å². The van der Waals surface area contributed by atoms with Crippen molar-refractivity contribution in [1.29, 1.82) is 0 Å². The van der Waals surface area contributed by atoms with Gasteiger partial charge in [-0.15, -0.1) is 0 Å². The van der Waals surface area contributed by atoms with Gasteiger partial charge in [-0.05, 0) is 75.7 Å². The third kappa shape index (κ3) is 5.78. The zero-order chi connectivity index (χ0) is 19.2. The highest BCUT2D eigenvalue weighted by Gasteiger charge is 2.25. The van der Waals surface area contributed by atoms with E-state index in [9.17, 15) is 9.59 Å². The summed E-state index contributed by atoms with van der Waals surface area (Å²) in [6.45, 7) is 7.87. The second-order valence-corrected chi connectivity index (χ2v) is 8.00. The van der Waals surface area contributed by atoms with Gasteiger partial charge in [0.25, 0.3) is 0 Å². The minimum Gasteiger partial charge on any atom is -0.354 e. The number of aryl methyl sites for hydroxylation is 2. The highest BCUT2D eigenvalue weighted by Crippen LogP contribution is 2.18. The van der Waals surface area contributed by atoms with Gasteiger partial charge in [0.2, 0.25) is 11.8 Å². The molecule has 27 heavy (non-hydrogen) atoms. The molecule has 2 atom stereocenters. The minimum atomic E-state index is -0.0203. The van der Waals surface area contributed by atoms with E-state index in [2.05, 4.69) is 26.9 Å². The standard InChI is InChI=1S/C21H32N4O2/c1-15-7-8-16(2)19(11-15)24-20(26)14-25-10-4-5-17(13-25)12-23-21(27)18-6-3-9-22-18/h7-8,11,17-18,22H,3-6,9-10,12-14H2,1-2H3,(H,23,27)(H,24,26). The number of carbonyl (C=O) groups excluding carboxylic acids is 2. The number of carbonyl (C=O) groups is 2. The highest BCUT2D eigenvalue weighted by molar-refractivity contribution is 5.93. The summed E-state index contributed by atoms with van der Waals surface area (Å²) in [5.74, 6) is 0.568. The molecule has 2 saturated heterocycles. The molecule has 0 saturated carbocycles. The molecule has 0 aromatic heterocycles. The summed E-state index contributed by atoms with van der Waals surface area (Å²) < 4.78 is 0. The first-order valence-electron chi connectivity index (χ1n) is 10.1. The molecular formula is C21H32N4O2. The number of nitrogens with zero attached hydrogens (tertiary/aromatic N) is 1. The molecule has 2 aliphatic rings. The average Bonchev–Trinajstić information content (AvgIpc) is 3.18. The smallest absolute Gasteiger partial charge is 0.238 e. The van der Waals surface area contributed by atoms with E-state index in [-0.39, 0.29) is 17.9 Å². The van der Waals surface area contributed by atoms with Crippen LogP contribution in [0.25, 0.3) is 0 Å². The van der Waals surface area contributed by atoms with Crippen LogP contribution in [0.1, 0.15) is 36.8 Å². The van der Waals surface area contributed by atoms with Crippen molar-refractivity contribution in [2.75, 3.05) is 38.0 Å². The van der Waals surface area contributed by atoms with Crippen molar-refractivity contribution in [1.82, 2.24) is 15.5 Å². The normalized spacial score (nSPS) is 23.2. The molecule has 2 unspecified atom stereocenters. The lowest BCUT2D eigenvalue weighted by Gasteiger charge is -2.32. The van der Waals surface area contributed by atoms with Crippen molar-refractivity contribution in [2.24, 2.45) is 5.92 Å². The molecule has 6 heteroatoms. The number of anilines is 1. The van der Waals surface area contributed by atoms with E-state index in [4.69, 9.17) is 0 Å². The van der Waals surface area contributed by atoms with E-state index in [1.807, 2.05) is 26.0 Å². The highest BCUT2D eigenvalue weighted by atomic mass is 16.2. The Morgan fingerprint density at radius 1 is 1.22 bits per heavy atom.